The van der Waals surface area contributed by atoms with E-state index in [2.05, 4.69) is 5.32 Å². The SMILES string of the molecule is C[C@@H]1CC[C@H](C(=O)N[C@@](C)(C(=O)O)C2CC2)O1. The molecular weight excluding hydrogens is 222 g/mol. The van der Waals surface area contributed by atoms with Crippen molar-refractivity contribution in [3.8, 4) is 0 Å². The van der Waals surface area contributed by atoms with Gasteiger partial charge in [0, 0.05) is 0 Å². The second kappa shape index (κ2) is 4.29. The van der Waals surface area contributed by atoms with Gasteiger partial charge in [0.25, 0.3) is 0 Å². The van der Waals surface area contributed by atoms with Crippen LogP contribution in [0.1, 0.15) is 39.5 Å². The lowest BCUT2D eigenvalue weighted by Crippen LogP contribution is -2.56. The lowest BCUT2D eigenvalue weighted by molar-refractivity contribution is -0.150. The Hall–Kier alpha value is -1.10. The molecule has 1 saturated carbocycles. The number of carboxylic acid groups (broad SMARTS) is 1. The van der Waals surface area contributed by atoms with Gasteiger partial charge in [-0.15, -0.1) is 0 Å². The van der Waals surface area contributed by atoms with Gasteiger partial charge in [-0.3, -0.25) is 4.79 Å². The number of carbonyl (C=O) groups is 2. The highest BCUT2D eigenvalue weighted by atomic mass is 16.5. The molecule has 2 aliphatic rings. The van der Waals surface area contributed by atoms with Gasteiger partial charge >= 0.3 is 5.97 Å². The van der Waals surface area contributed by atoms with Crippen LogP contribution < -0.4 is 5.32 Å². The Bertz CT molecular complexity index is 339. The van der Waals surface area contributed by atoms with E-state index in [1.54, 1.807) is 6.92 Å². The highest BCUT2D eigenvalue weighted by Crippen LogP contribution is 2.40. The van der Waals surface area contributed by atoms with Crippen LogP contribution in [0.15, 0.2) is 0 Å². The molecular formula is C12H19NO4. The minimum Gasteiger partial charge on any atom is -0.480 e. The molecule has 5 nitrogen and oxygen atoms in total. The summed E-state index contributed by atoms with van der Waals surface area (Å²) in [5.74, 6) is -1.19. The number of aliphatic carboxylic acids is 1. The first-order valence-electron chi connectivity index (χ1n) is 6.14. The molecule has 5 heteroatoms. The lowest BCUT2D eigenvalue weighted by Gasteiger charge is -2.27. The van der Waals surface area contributed by atoms with Gasteiger partial charge in [-0.25, -0.2) is 4.79 Å². The molecule has 0 bridgehead atoms. The van der Waals surface area contributed by atoms with Crippen LogP contribution in [0.3, 0.4) is 0 Å². The standard InChI is InChI=1S/C12H19NO4/c1-7-3-6-9(17-7)10(14)13-12(2,11(15)16)8-4-5-8/h7-9H,3-6H2,1-2H3,(H,13,14)(H,15,16)/t7-,9-,12-/m1/s1. The van der Waals surface area contributed by atoms with Crippen LogP contribution in [-0.4, -0.2) is 34.7 Å². The van der Waals surface area contributed by atoms with E-state index in [0.717, 1.165) is 19.3 Å². The van der Waals surface area contributed by atoms with Gasteiger partial charge in [-0.2, -0.15) is 0 Å². The van der Waals surface area contributed by atoms with Gasteiger partial charge in [0.05, 0.1) is 6.10 Å². The summed E-state index contributed by atoms with van der Waals surface area (Å²) in [4.78, 5) is 23.2. The number of amides is 1. The van der Waals surface area contributed by atoms with E-state index in [0.29, 0.717) is 6.42 Å². The predicted molar refractivity (Wildman–Crippen MR) is 60.5 cm³/mol. The van der Waals surface area contributed by atoms with Gasteiger partial charge in [-0.1, -0.05) is 0 Å². The average Bonchev–Trinajstić information content (AvgIpc) is 3.01. The number of rotatable bonds is 4. The first kappa shape index (κ1) is 12.4. The van der Waals surface area contributed by atoms with Crippen molar-refractivity contribution in [1.82, 2.24) is 5.32 Å². The number of carbonyl (C=O) groups excluding carboxylic acids is 1. The molecule has 2 fully saturated rings. The molecule has 0 aromatic heterocycles. The summed E-state index contributed by atoms with van der Waals surface area (Å²) in [6.07, 6.45) is 2.86. The molecule has 0 radical (unpaired) electrons. The van der Waals surface area contributed by atoms with Crippen LogP contribution >= 0.6 is 0 Å². The Morgan fingerprint density at radius 2 is 1.94 bits per heavy atom. The molecule has 96 valence electrons. The van der Waals surface area contributed by atoms with E-state index in [-0.39, 0.29) is 17.9 Å². The van der Waals surface area contributed by atoms with Crippen LogP contribution in [0.4, 0.5) is 0 Å². The van der Waals surface area contributed by atoms with Crippen LogP contribution in [0.5, 0.6) is 0 Å². The monoisotopic (exact) mass is 241 g/mol. The number of ether oxygens (including phenoxy) is 1. The third-order valence-electron chi connectivity index (χ3n) is 3.75. The van der Waals surface area contributed by atoms with Crippen molar-refractivity contribution in [3.05, 3.63) is 0 Å². The summed E-state index contributed by atoms with van der Waals surface area (Å²) in [5.41, 5.74) is -1.13. The minimum absolute atomic E-state index is 0.0581. The van der Waals surface area contributed by atoms with Crippen molar-refractivity contribution in [2.24, 2.45) is 5.92 Å². The largest absolute Gasteiger partial charge is 0.480 e. The zero-order chi connectivity index (χ0) is 12.6. The van der Waals surface area contributed by atoms with E-state index >= 15 is 0 Å². The normalized spacial score (nSPS) is 31.9. The topological polar surface area (TPSA) is 75.6 Å². The van der Waals surface area contributed by atoms with E-state index in [4.69, 9.17) is 4.74 Å². The maximum absolute atomic E-state index is 11.9. The smallest absolute Gasteiger partial charge is 0.329 e. The molecule has 0 aromatic carbocycles. The zero-order valence-corrected chi connectivity index (χ0v) is 10.2. The van der Waals surface area contributed by atoms with Crippen molar-refractivity contribution < 1.29 is 19.4 Å². The van der Waals surface area contributed by atoms with E-state index in [9.17, 15) is 14.7 Å². The van der Waals surface area contributed by atoms with Gasteiger partial charge < -0.3 is 15.2 Å². The van der Waals surface area contributed by atoms with Gasteiger partial charge in [0.15, 0.2) is 0 Å². The van der Waals surface area contributed by atoms with E-state index in [1.807, 2.05) is 6.92 Å². The Balaban J connectivity index is 1.98. The zero-order valence-electron chi connectivity index (χ0n) is 10.2. The van der Waals surface area contributed by atoms with Gasteiger partial charge in [0.2, 0.25) is 5.91 Å². The quantitative estimate of drug-likeness (QED) is 0.767. The third-order valence-corrected chi connectivity index (χ3v) is 3.75. The second-order valence-electron chi connectivity index (χ2n) is 5.28. The first-order valence-corrected chi connectivity index (χ1v) is 6.14. The average molecular weight is 241 g/mol. The van der Waals surface area contributed by atoms with Crippen molar-refractivity contribution in [1.29, 1.82) is 0 Å². The molecule has 2 N–H and O–H groups in total. The van der Waals surface area contributed by atoms with Crippen LogP contribution in [0.2, 0.25) is 0 Å². The van der Waals surface area contributed by atoms with Crippen molar-refractivity contribution in [3.63, 3.8) is 0 Å². The lowest BCUT2D eigenvalue weighted by atomic mass is 9.95. The van der Waals surface area contributed by atoms with Gasteiger partial charge in [-0.05, 0) is 45.4 Å². The fraction of sp³-hybridized carbons (Fsp3) is 0.833. The molecule has 1 heterocycles. The molecule has 0 aromatic rings. The molecule has 1 amide bonds. The summed E-state index contributed by atoms with van der Waals surface area (Å²) < 4.78 is 5.44. The van der Waals surface area contributed by atoms with Crippen LogP contribution in [0, 0.1) is 5.92 Å². The molecule has 1 aliphatic heterocycles. The molecule has 1 saturated heterocycles. The fourth-order valence-corrected chi connectivity index (χ4v) is 2.32. The van der Waals surface area contributed by atoms with Crippen LogP contribution in [0.25, 0.3) is 0 Å². The summed E-state index contributed by atoms with van der Waals surface area (Å²) in [5, 5.41) is 11.9. The van der Waals surface area contributed by atoms with Gasteiger partial charge in [0.1, 0.15) is 11.6 Å². The van der Waals surface area contributed by atoms with Crippen molar-refractivity contribution in [2.75, 3.05) is 0 Å². The number of nitrogens with one attached hydrogen (secondary N) is 1. The second-order valence-corrected chi connectivity index (χ2v) is 5.28. The number of hydrogen-bond acceptors (Lipinski definition) is 3. The molecule has 0 spiro atoms. The highest BCUT2D eigenvalue weighted by Gasteiger charge is 2.49. The molecule has 1 aliphatic carbocycles. The Kier molecular flexibility index (Phi) is 3.12. The van der Waals surface area contributed by atoms with Crippen molar-refractivity contribution >= 4 is 11.9 Å². The summed E-state index contributed by atoms with van der Waals surface area (Å²) in [7, 11) is 0. The molecule has 2 rings (SSSR count). The molecule has 0 unspecified atom stereocenters. The van der Waals surface area contributed by atoms with E-state index in [1.165, 1.54) is 0 Å². The summed E-state index contributed by atoms with van der Waals surface area (Å²) in [6, 6.07) is 0. The summed E-state index contributed by atoms with van der Waals surface area (Å²) >= 11 is 0. The van der Waals surface area contributed by atoms with Crippen LogP contribution in [-0.2, 0) is 14.3 Å². The minimum atomic E-state index is -1.13. The molecule has 3 atom stereocenters. The first-order chi connectivity index (χ1) is 7.93. The third kappa shape index (κ3) is 2.44. The maximum atomic E-state index is 11.9. The Morgan fingerprint density at radius 3 is 2.35 bits per heavy atom. The number of hydrogen-bond donors (Lipinski definition) is 2. The maximum Gasteiger partial charge on any atom is 0.329 e. The highest BCUT2D eigenvalue weighted by molar-refractivity contribution is 5.89. The Labute approximate surface area is 101 Å². The van der Waals surface area contributed by atoms with Crippen molar-refractivity contribution in [2.45, 2.75) is 57.3 Å². The molecule has 17 heavy (non-hydrogen) atoms. The fourth-order valence-electron chi connectivity index (χ4n) is 2.32. The number of carboxylic acids is 1. The van der Waals surface area contributed by atoms with E-state index < -0.39 is 17.6 Å². The predicted octanol–water partition coefficient (Wildman–Crippen LogP) is 0.923. The Morgan fingerprint density at radius 1 is 1.29 bits per heavy atom. The summed E-state index contributed by atoms with van der Waals surface area (Å²) in [6.45, 7) is 3.51.